The highest BCUT2D eigenvalue weighted by Gasteiger charge is 2.33. The topological polar surface area (TPSA) is 72.6 Å². The number of aryl methyl sites for hydroxylation is 1. The van der Waals surface area contributed by atoms with Gasteiger partial charge in [-0.1, -0.05) is 30.3 Å². The molecular formula is C27H26FNO4S. The van der Waals surface area contributed by atoms with Gasteiger partial charge in [-0.15, -0.1) is 11.3 Å². The number of carbonyl (C=O) groups is 1. The molecule has 0 amide bonds. The molecule has 0 bridgehead atoms. The van der Waals surface area contributed by atoms with Gasteiger partial charge in [0.15, 0.2) is 0 Å². The van der Waals surface area contributed by atoms with E-state index in [2.05, 4.69) is 4.98 Å². The molecular weight excluding hydrogens is 453 g/mol. The highest BCUT2D eigenvalue weighted by atomic mass is 32.1. The summed E-state index contributed by atoms with van der Waals surface area (Å²) >= 11 is 1.59. The molecule has 0 aliphatic heterocycles. The Morgan fingerprint density at radius 1 is 1.12 bits per heavy atom. The number of hydrogen-bond donors (Lipinski definition) is 1. The number of rotatable bonds is 10. The van der Waals surface area contributed by atoms with Crippen LogP contribution < -0.4 is 4.74 Å². The molecule has 7 heteroatoms. The third-order valence-electron chi connectivity index (χ3n) is 5.75. The second kappa shape index (κ2) is 10.2. The zero-order valence-electron chi connectivity index (χ0n) is 19.1. The monoisotopic (exact) mass is 479 g/mol. The molecule has 0 saturated heterocycles. The number of oxazole rings is 1. The third-order valence-corrected chi connectivity index (χ3v) is 6.61. The Hall–Kier alpha value is -3.45. The number of hydrogen-bond acceptors (Lipinski definition) is 5. The van der Waals surface area contributed by atoms with Crippen LogP contribution in [0.5, 0.6) is 5.75 Å². The maximum absolute atomic E-state index is 13.5. The van der Waals surface area contributed by atoms with E-state index in [1.165, 1.54) is 12.1 Å². The van der Waals surface area contributed by atoms with E-state index in [0.717, 1.165) is 21.9 Å². The molecule has 1 unspecified atom stereocenters. The van der Waals surface area contributed by atoms with Crippen molar-refractivity contribution in [1.29, 1.82) is 0 Å². The van der Waals surface area contributed by atoms with Gasteiger partial charge in [-0.2, -0.15) is 0 Å². The highest BCUT2D eigenvalue weighted by Crippen LogP contribution is 2.29. The number of nitrogens with zero attached hydrogens (tertiary/aromatic N) is 1. The van der Waals surface area contributed by atoms with Crippen molar-refractivity contribution in [3.8, 4) is 16.5 Å². The minimum Gasteiger partial charge on any atom is -0.493 e. The molecule has 0 aliphatic rings. The Morgan fingerprint density at radius 2 is 1.88 bits per heavy atom. The Morgan fingerprint density at radius 3 is 2.56 bits per heavy atom. The van der Waals surface area contributed by atoms with Crippen molar-refractivity contribution >= 4 is 17.3 Å². The molecule has 2 aromatic heterocycles. The van der Waals surface area contributed by atoms with Crippen molar-refractivity contribution in [3.05, 3.63) is 94.4 Å². The predicted molar refractivity (Wildman–Crippen MR) is 130 cm³/mol. The van der Waals surface area contributed by atoms with E-state index in [1.54, 1.807) is 30.4 Å². The number of ether oxygens (including phenoxy) is 1. The van der Waals surface area contributed by atoms with Crippen molar-refractivity contribution in [2.75, 3.05) is 6.61 Å². The lowest BCUT2D eigenvalue weighted by Crippen LogP contribution is -2.32. The Labute approximate surface area is 201 Å². The van der Waals surface area contributed by atoms with Crippen LogP contribution in [-0.4, -0.2) is 22.7 Å². The number of carboxylic acid groups (broad SMARTS) is 1. The van der Waals surface area contributed by atoms with Crippen molar-refractivity contribution < 1.29 is 23.4 Å². The summed E-state index contributed by atoms with van der Waals surface area (Å²) in [6.45, 7) is 4.04. The van der Waals surface area contributed by atoms with Gasteiger partial charge >= 0.3 is 5.97 Å². The minimum atomic E-state index is -1.05. The second-order valence-corrected chi connectivity index (χ2v) is 9.54. The molecule has 1 atom stereocenters. The van der Waals surface area contributed by atoms with Gasteiger partial charge < -0.3 is 14.3 Å². The fourth-order valence-electron chi connectivity index (χ4n) is 3.90. The lowest BCUT2D eigenvalue weighted by molar-refractivity contribution is -0.147. The average Bonchev–Trinajstić information content (AvgIpc) is 3.45. The van der Waals surface area contributed by atoms with E-state index in [4.69, 9.17) is 9.15 Å². The fourth-order valence-corrected chi connectivity index (χ4v) is 4.55. The Bertz CT molecular complexity index is 1250. The van der Waals surface area contributed by atoms with E-state index in [-0.39, 0.29) is 12.2 Å². The summed E-state index contributed by atoms with van der Waals surface area (Å²) in [6.07, 6.45) is 1.18. The molecule has 34 heavy (non-hydrogen) atoms. The van der Waals surface area contributed by atoms with Crippen LogP contribution in [0.4, 0.5) is 4.39 Å². The molecule has 2 aromatic carbocycles. The normalized spacial score (nSPS) is 12.9. The molecule has 176 valence electrons. The van der Waals surface area contributed by atoms with E-state index in [9.17, 15) is 14.3 Å². The van der Waals surface area contributed by atoms with Gasteiger partial charge in [0.1, 0.15) is 17.3 Å². The Kier molecular flexibility index (Phi) is 7.12. The van der Waals surface area contributed by atoms with Gasteiger partial charge in [-0.05, 0) is 73.5 Å². The van der Waals surface area contributed by atoms with Crippen molar-refractivity contribution in [1.82, 2.24) is 4.98 Å². The number of thiophene rings is 1. The quantitative estimate of drug-likeness (QED) is 0.287. The molecule has 1 N–H and O–H groups in total. The molecule has 4 rings (SSSR count). The molecule has 0 spiro atoms. The van der Waals surface area contributed by atoms with Crippen molar-refractivity contribution in [2.24, 2.45) is 5.41 Å². The molecule has 0 saturated carbocycles. The largest absolute Gasteiger partial charge is 0.493 e. The number of aliphatic carboxylic acids is 1. The van der Waals surface area contributed by atoms with Crippen LogP contribution in [0.3, 0.4) is 0 Å². The second-order valence-electron chi connectivity index (χ2n) is 8.59. The van der Waals surface area contributed by atoms with Gasteiger partial charge in [0.2, 0.25) is 5.89 Å². The van der Waals surface area contributed by atoms with Gasteiger partial charge in [0.05, 0.1) is 22.6 Å². The van der Waals surface area contributed by atoms with Crippen LogP contribution >= 0.6 is 11.3 Å². The summed E-state index contributed by atoms with van der Waals surface area (Å²) in [6, 6.07) is 17.5. The van der Waals surface area contributed by atoms with Gasteiger partial charge in [0.25, 0.3) is 0 Å². The first-order chi connectivity index (χ1) is 16.3. The first kappa shape index (κ1) is 23.7. The summed E-state index contributed by atoms with van der Waals surface area (Å²) in [5.74, 6) is 0.836. The highest BCUT2D eigenvalue weighted by molar-refractivity contribution is 7.13. The van der Waals surface area contributed by atoms with Gasteiger partial charge in [0, 0.05) is 6.42 Å². The molecule has 4 aromatic rings. The zero-order chi connectivity index (χ0) is 24.1. The first-order valence-corrected chi connectivity index (χ1v) is 11.9. The summed E-state index contributed by atoms with van der Waals surface area (Å²) in [7, 11) is 0. The number of benzene rings is 2. The summed E-state index contributed by atoms with van der Waals surface area (Å²) < 4.78 is 25.2. The first-order valence-electron chi connectivity index (χ1n) is 11.0. The van der Waals surface area contributed by atoms with Crippen LogP contribution in [0.15, 0.2) is 70.5 Å². The van der Waals surface area contributed by atoms with Crippen LogP contribution in [0.25, 0.3) is 10.8 Å². The number of halogens is 1. The average molecular weight is 480 g/mol. The maximum Gasteiger partial charge on any atom is 0.310 e. The number of aromatic nitrogens is 1. The van der Waals surface area contributed by atoms with Crippen molar-refractivity contribution in [2.45, 2.75) is 33.1 Å². The molecule has 2 heterocycles. The van der Waals surface area contributed by atoms with Gasteiger partial charge in [-0.25, -0.2) is 9.37 Å². The molecule has 0 fully saturated rings. The smallest absolute Gasteiger partial charge is 0.310 e. The van der Waals surface area contributed by atoms with Crippen LogP contribution in [0.2, 0.25) is 0 Å². The lowest BCUT2D eigenvalue weighted by atomic mass is 9.78. The standard InChI is InChI=1S/C27H26FNO4S/c1-18-23(29-25(33-18)24-7-4-14-34-24)12-13-32-22-10-8-19(9-11-22)16-27(2,26(30)31)17-20-5-3-6-21(28)15-20/h3-11,14-15H,12-13,16-17H2,1-2H3,(H,30,31). The van der Waals surface area contributed by atoms with Crippen LogP contribution in [-0.2, 0) is 24.1 Å². The summed E-state index contributed by atoms with van der Waals surface area (Å²) in [4.78, 5) is 17.6. The summed E-state index contributed by atoms with van der Waals surface area (Å²) in [5.41, 5.74) is 1.35. The van der Waals surface area contributed by atoms with E-state index in [1.807, 2.05) is 48.7 Å². The lowest BCUT2D eigenvalue weighted by Gasteiger charge is -2.25. The Balaban J connectivity index is 1.35. The van der Waals surface area contributed by atoms with Crippen LogP contribution in [0.1, 0.15) is 29.5 Å². The predicted octanol–water partition coefficient (Wildman–Crippen LogP) is 6.35. The van der Waals surface area contributed by atoms with E-state index in [0.29, 0.717) is 36.7 Å². The molecule has 5 nitrogen and oxygen atoms in total. The third kappa shape index (κ3) is 5.72. The minimum absolute atomic E-state index is 0.239. The molecule has 0 aliphatic carbocycles. The maximum atomic E-state index is 13.5. The molecule has 0 radical (unpaired) electrons. The van der Waals surface area contributed by atoms with Crippen LogP contribution in [0, 0.1) is 18.2 Å². The zero-order valence-corrected chi connectivity index (χ0v) is 19.9. The summed E-state index contributed by atoms with van der Waals surface area (Å²) in [5, 5.41) is 11.8. The fraction of sp³-hybridized carbons (Fsp3) is 0.259. The van der Waals surface area contributed by atoms with Crippen molar-refractivity contribution in [3.63, 3.8) is 0 Å². The van der Waals surface area contributed by atoms with E-state index >= 15 is 0 Å². The van der Waals surface area contributed by atoms with Gasteiger partial charge in [-0.3, -0.25) is 4.79 Å². The SMILES string of the molecule is Cc1oc(-c2cccs2)nc1CCOc1ccc(CC(C)(Cc2cccc(F)c2)C(=O)O)cc1. The number of carboxylic acids is 1. The van der Waals surface area contributed by atoms with E-state index < -0.39 is 11.4 Å².